The van der Waals surface area contributed by atoms with Crippen LogP contribution in [0.15, 0.2) is 0 Å². The fraction of sp³-hybridized carbons (Fsp3) is 0.867. The molecule has 5 heteroatoms. The van der Waals surface area contributed by atoms with Gasteiger partial charge >= 0.3 is 5.97 Å². The Labute approximate surface area is 120 Å². The number of carbonyl (C=O) groups is 2. The van der Waals surface area contributed by atoms with E-state index in [0.29, 0.717) is 25.3 Å². The summed E-state index contributed by atoms with van der Waals surface area (Å²) in [7, 11) is 0. The van der Waals surface area contributed by atoms with E-state index in [9.17, 15) is 14.7 Å². The van der Waals surface area contributed by atoms with Gasteiger partial charge in [0.1, 0.15) is 0 Å². The molecule has 2 rings (SSSR count). The van der Waals surface area contributed by atoms with Crippen molar-refractivity contribution in [2.45, 2.75) is 58.0 Å². The van der Waals surface area contributed by atoms with Crippen molar-refractivity contribution in [1.29, 1.82) is 0 Å². The molecule has 0 aromatic heterocycles. The number of amides is 1. The lowest BCUT2D eigenvalue weighted by atomic mass is 9.71. The Morgan fingerprint density at radius 2 is 2.00 bits per heavy atom. The lowest BCUT2D eigenvalue weighted by Crippen LogP contribution is -2.40. The summed E-state index contributed by atoms with van der Waals surface area (Å²) >= 11 is 0. The Bertz CT molecular complexity index is 363. The maximum absolute atomic E-state index is 12.1. The minimum Gasteiger partial charge on any atom is -0.481 e. The summed E-state index contributed by atoms with van der Waals surface area (Å²) in [4.78, 5) is 23.6. The highest BCUT2D eigenvalue weighted by Gasteiger charge is 2.41. The molecule has 1 aliphatic heterocycles. The Morgan fingerprint density at radius 1 is 1.30 bits per heavy atom. The first-order chi connectivity index (χ1) is 9.53. The van der Waals surface area contributed by atoms with E-state index in [1.165, 1.54) is 0 Å². The molecule has 0 radical (unpaired) electrons. The monoisotopic (exact) mass is 283 g/mol. The molecule has 2 unspecified atom stereocenters. The molecule has 1 heterocycles. The maximum Gasteiger partial charge on any atom is 0.310 e. The Kier molecular flexibility index (Phi) is 5.02. The average molecular weight is 283 g/mol. The number of nitrogens with one attached hydrogen (secondary N) is 1. The van der Waals surface area contributed by atoms with Crippen molar-refractivity contribution < 1.29 is 19.4 Å². The summed E-state index contributed by atoms with van der Waals surface area (Å²) in [6.45, 7) is 3.36. The summed E-state index contributed by atoms with van der Waals surface area (Å²) in [5, 5.41) is 12.4. The molecule has 0 aromatic carbocycles. The van der Waals surface area contributed by atoms with Crippen molar-refractivity contribution in [3.05, 3.63) is 0 Å². The number of ether oxygens (including phenoxy) is 1. The Balaban J connectivity index is 1.84. The molecule has 1 amide bonds. The van der Waals surface area contributed by atoms with Crippen molar-refractivity contribution in [1.82, 2.24) is 5.32 Å². The highest BCUT2D eigenvalue weighted by molar-refractivity contribution is 5.85. The second kappa shape index (κ2) is 6.57. The zero-order valence-corrected chi connectivity index (χ0v) is 12.2. The fourth-order valence-corrected chi connectivity index (χ4v) is 3.35. The minimum absolute atomic E-state index is 0.115. The van der Waals surface area contributed by atoms with E-state index in [1.807, 2.05) is 6.92 Å². The quantitative estimate of drug-likeness (QED) is 0.808. The predicted molar refractivity (Wildman–Crippen MR) is 74.3 cm³/mol. The van der Waals surface area contributed by atoms with Gasteiger partial charge in [0.2, 0.25) is 5.91 Å². The molecule has 0 aromatic rings. The van der Waals surface area contributed by atoms with E-state index in [0.717, 1.165) is 32.3 Å². The first kappa shape index (κ1) is 15.3. The van der Waals surface area contributed by atoms with Gasteiger partial charge in [0.05, 0.1) is 11.5 Å². The van der Waals surface area contributed by atoms with Gasteiger partial charge in [-0.2, -0.15) is 0 Å². The number of carboxylic acid groups (broad SMARTS) is 1. The van der Waals surface area contributed by atoms with Crippen molar-refractivity contribution in [2.24, 2.45) is 11.3 Å². The lowest BCUT2D eigenvalue weighted by molar-refractivity contribution is -0.154. The van der Waals surface area contributed by atoms with Crippen LogP contribution in [-0.4, -0.2) is 36.2 Å². The van der Waals surface area contributed by atoms with E-state index in [1.54, 1.807) is 0 Å². The van der Waals surface area contributed by atoms with Crippen LogP contribution < -0.4 is 5.32 Å². The van der Waals surface area contributed by atoms with E-state index in [4.69, 9.17) is 4.74 Å². The molecule has 1 aliphatic carbocycles. The summed E-state index contributed by atoms with van der Waals surface area (Å²) in [6, 6.07) is 0. The molecule has 2 fully saturated rings. The average Bonchev–Trinajstić information content (AvgIpc) is 2.83. The van der Waals surface area contributed by atoms with Gasteiger partial charge in [0, 0.05) is 25.5 Å². The molecule has 114 valence electrons. The third kappa shape index (κ3) is 3.51. The third-order valence-corrected chi connectivity index (χ3v) is 4.86. The number of carboxylic acids is 1. The fourth-order valence-electron chi connectivity index (χ4n) is 3.35. The predicted octanol–water partition coefficient (Wildman–Crippen LogP) is 1.95. The van der Waals surface area contributed by atoms with Crippen LogP contribution in [0.5, 0.6) is 0 Å². The lowest BCUT2D eigenvalue weighted by Gasteiger charge is -2.32. The van der Waals surface area contributed by atoms with Crippen LogP contribution in [0, 0.1) is 11.3 Å². The van der Waals surface area contributed by atoms with Gasteiger partial charge < -0.3 is 15.2 Å². The van der Waals surface area contributed by atoms with Crippen LogP contribution in [0.25, 0.3) is 0 Å². The standard InChI is InChI=1S/C15H25NO4/c1-11-12(5-8-20-11)10-16-13(17)9-15(14(18)19)6-3-2-4-7-15/h11-12H,2-10H2,1H3,(H,16,17)(H,18,19). The zero-order valence-electron chi connectivity index (χ0n) is 12.2. The number of hydrogen-bond acceptors (Lipinski definition) is 3. The molecule has 20 heavy (non-hydrogen) atoms. The first-order valence-corrected chi connectivity index (χ1v) is 7.65. The Hall–Kier alpha value is -1.10. The van der Waals surface area contributed by atoms with E-state index in [2.05, 4.69) is 5.32 Å². The highest BCUT2D eigenvalue weighted by atomic mass is 16.5. The molecule has 2 aliphatic rings. The number of aliphatic carboxylic acids is 1. The molecule has 2 atom stereocenters. The normalized spacial score (nSPS) is 29.1. The zero-order chi connectivity index (χ0) is 14.6. The van der Waals surface area contributed by atoms with Gasteiger partial charge in [-0.25, -0.2) is 0 Å². The van der Waals surface area contributed by atoms with Gasteiger partial charge in [-0.1, -0.05) is 19.3 Å². The second-order valence-electron chi connectivity index (χ2n) is 6.25. The largest absolute Gasteiger partial charge is 0.481 e. The second-order valence-corrected chi connectivity index (χ2v) is 6.25. The number of carbonyl (C=O) groups excluding carboxylic acids is 1. The third-order valence-electron chi connectivity index (χ3n) is 4.86. The van der Waals surface area contributed by atoms with Crippen molar-refractivity contribution in [3.63, 3.8) is 0 Å². The van der Waals surface area contributed by atoms with Crippen molar-refractivity contribution in [2.75, 3.05) is 13.2 Å². The van der Waals surface area contributed by atoms with Crippen molar-refractivity contribution >= 4 is 11.9 Å². The molecule has 2 N–H and O–H groups in total. The van der Waals surface area contributed by atoms with Crippen LogP contribution in [0.3, 0.4) is 0 Å². The SMILES string of the molecule is CC1OCCC1CNC(=O)CC1(C(=O)O)CCCCC1. The van der Waals surface area contributed by atoms with E-state index >= 15 is 0 Å². The molecule has 1 saturated carbocycles. The first-order valence-electron chi connectivity index (χ1n) is 7.65. The highest BCUT2D eigenvalue weighted by Crippen LogP contribution is 2.39. The molecule has 1 saturated heterocycles. The maximum atomic E-state index is 12.1. The van der Waals surface area contributed by atoms with Crippen LogP contribution >= 0.6 is 0 Å². The van der Waals surface area contributed by atoms with Gasteiger partial charge in [-0.05, 0) is 26.2 Å². The summed E-state index contributed by atoms with van der Waals surface area (Å²) in [6.07, 6.45) is 5.40. The molecular weight excluding hydrogens is 258 g/mol. The van der Waals surface area contributed by atoms with Gasteiger partial charge in [0.15, 0.2) is 0 Å². The van der Waals surface area contributed by atoms with E-state index in [-0.39, 0.29) is 18.4 Å². The van der Waals surface area contributed by atoms with Crippen LogP contribution in [-0.2, 0) is 14.3 Å². The minimum atomic E-state index is -0.833. The van der Waals surface area contributed by atoms with Gasteiger partial charge in [0.25, 0.3) is 0 Å². The molecular formula is C15H25NO4. The van der Waals surface area contributed by atoms with Crippen molar-refractivity contribution in [3.8, 4) is 0 Å². The summed E-state index contributed by atoms with van der Waals surface area (Å²) in [5.74, 6) is -0.593. The molecule has 0 spiro atoms. The number of hydrogen-bond donors (Lipinski definition) is 2. The van der Waals surface area contributed by atoms with Crippen LogP contribution in [0.2, 0.25) is 0 Å². The summed E-state index contributed by atoms with van der Waals surface area (Å²) in [5.41, 5.74) is -0.833. The molecule has 5 nitrogen and oxygen atoms in total. The van der Waals surface area contributed by atoms with Crippen LogP contribution in [0.1, 0.15) is 51.9 Å². The number of rotatable bonds is 5. The van der Waals surface area contributed by atoms with Crippen LogP contribution in [0.4, 0.5) is 0 Å². The smallest absolute Gasteiger partial charge is 0.310 e. The van der Waals surface area contributed by atoms with Gasteiger partial charge in [-0.15, -0.1) is 0 Å². The molecule has 0 bridgehead atoms. The topological polar surface area (TPSA) is 75.6 Å². The van der Waals surface area contributed by atoms with E-state index < -0.39 is 11.4 Å². The van der Waals surface area contributed by atoms with Gasteiger partial charge in [-0.3, -0.25) is 9.59 Å². The Morgan fingerprint density at radius 3 is 2.55 bits per heavy atom. The summed E-state index contributed by atoms with van der Waals surface area (Å²) < 4.78 is 5.46.